The van der Waals surface area contributed by atoms with Gasteiger partial charge in [-0.1, -0.05) is 0 Å². The molecule has 3 nitrogen and oxygen atoms in total. The second-order valence-corrected chi connectivity index (χ2v) is 4.90. The molecule has 0 aliphatic carbocycles. The quantitative estimate of drug-likeness (QED) is 0.804. The number of thiophene rings is 1. The van der Waals surface area contributed by atoms with Gasteiger partial charge in [0.25, 0.3) is 0 Å². The lowest BCUT2D eigenvalue weighted by Crippen LogP contribution is -1.97. The molecule has 2 heterocycles. The predicted molar refractivity (Wildman–Crippen MR) is 65.1 cm³/mol. The summed E-state index contributed by atoms with van der Waals surface area (Å²) < 4.78 is 1.73. The van der Waals surface area contributed by atoms with Crippen LogP contribution in [0.3, 0.4) is 0 Å². The van der Waals surface area contributed by atoms with Crippen LogP contribution in [0.2, 0.25) is 0 Å². The summed E-state index contributed by atoms with van der Waals surface area (Å²) in [7, 11) is 1.88. The zero-order chi connectivity index (χ0) is 11.2. The van der Waals surface area contributed by atoms with Gasteiger partial charge < -0.3 is 5.73 Å². The fourth-order valence-electron chi connectivity index (χ4n) is 1.65. The lowest BCUT2D eigenvalue weighted by molar-refractivity contribution is 0.782. The average molecular weight is 221 g/mol. The summed E-state index contributed by atoms with van der Waals surface area (Å²) >= 11 is 1.76. The number of hydrogen-bond acceptors (Lipinski definition) is 3. The van der Waals surface area contributed by atoms with Gasteiger partial charge in [0.2, 0.25) is 0 Å². The van der Waals surface area contributed by atoms with Gasteiger partial charge in [-0.15, -0.1) is 11.3 Å². The molecule has 2 aromatic heterocycles. The molecule has 0 bridgehead atoms. The fourth-order valence-corrected chi connectivity index (χ4v) is 2.52. The maximum Gasteiger partial charge on any atom is 0.124 e. The van der Waals surface area contributed by atoms with Crippen molar-refractivity contribution in [3.63, 3.8) is 0 Å². The van der Waals surface area contributed by atoms with Crippen LogP contribution in [0.25, 0.3) is 11.3 Å². The van der Waals surface area contributed by atoms with Gasteiger partial charge in [0.15, 0.2) is 0 Å². The number of nitrogens with two attached hydrogens (primary N) is 1. The van der Waals surface area contributed by atoms with Crippen LogP contribution < -0.4 is 5.73 Å². The van der Waals surface area contributed by atoms with E-state index in [4.69, 9.17) is 5.73 Å². The Morgan fingerprint density at radius 2 is 1.93 bits per heavy atom. The molecule has 2 rings (SSSR count). The number of aromatic nitrogens is 2. The average Bonchev–Trinajstić information content (AvgIpc) is 2.64. The first kappa shape index (κ1) is 10.2. The fraction of sp³-hybridized carbons (Fsp3) is 0.364. The second-order valence-electron chi connectivity index (χ2n) is 3.81. The molecule has 0 fully saturated rings. The molecule has 0 aliphatic heterocycles. The Balaban J connectivity index is 2.64. The molecule has 0 unspecified atom stereocenters. The number of aryl methyl sites for hydroxylation is 2. The van der Waals surface area contributed by atoms with Gasteiger partial charge >= 0.3 is 0 Å². The summed E-state index contributed by atoms with van der Waals surface area (Å²) in [5, 5.41) is 6.60. The van der Waals surface area contributed by atoms with Crippen molar-refractivity contribution < 1.29 is 0 Å². The van der Waals surface area contributed by atoms with Crippen LogP contribution in [0.4, 0.5) is 5.82 Å². The van der Waals surface area contributed by atoms with Gasteiger partial charge in [0.1, 0.15) is 5.82 Å². The van der Waals surface area contributed by atoms with Crippen LogP contribution in [0.1, 0.15) is 16.0 Å². The topological polar surface area (TPSA) is 43.8 Å². The maximum atomic E-state index is 5.90. The Kier molecular flexibility index (Phi) is 2.31. The third-order valence-electron chi connectivity index (χ3n) is 2.88. The molecule has 0 aromatic carbocycles. The molecule has 0 radical (unpaired) electrons. The normalized spacial score (nSPS) is 10.9. The van der Waals surface area contributed by atoms with Crippen LogP contribution in [0.5, 0.6) is 0 Å². The molecule has 0 aliphatic rings. The highest BCUT2D eigenvalue weighted by atomic mass is 32.1. The van der Waals surface area contributed by atoms with E-state index < -0.39 is 0 Å². The van der Waals surface area contributed by atoms with E-state index in [-0.39, 0.29) is 0 Å². The lowest BCUT2D eigenvalue weighted by atomic mass is 10.1. The van der Waals surface area contributed by atoms with Crippen LogP contribution in [-0.4, -0.2) is 9.78 Å². The number of nitrogen functional groups attached to an aromatic ring is 1. The molecule has 15 heavy (non-hydrogen) atoms. The third kappa shape index (κ3) is 1.45. The van der Waals surface area contributed by atoms with Crippen LogP contribution in [0, 0.1) is 20.8 Å². The SMILES string of the molecule is Cc1scc(-c2nn(C)c(N)c2C)c1C. The monoisotopic (exact) mass is 221 g/mol. The molecule has 0 amide bonds. The molecular formula is C11H15N3S. The van der Waals surface area contributed by atoms with Crippen molar-refractivity contribution in [3.8, 4) is 11.3 Å². The van der Waals surface area contributed by atoms with Crippen molar-refractivity contribution in [2.45, 2.75) is 20.8 Å². The summed E-state index contributed by atoms with van der Waals surface area (Å²) in [5.41, 5.74) is 10.5. The summed E-state index contributed by atoms with van der Waals surface area (Å²) in [6, 6.07) is 0. The Morgan fingerprint density at radius 1 is 1.27 bits per heavy atom. The second kappa shape index (κ2) is 3.38. The van der Waals surface area contributed by atoms with Gasteiger partial charge in [-0.3, -0.25) is 4.68 Å². The van der Waals surface area contributed by atoms with Crippen molar-refractivity contribution in [1.29, 1.82) is 0 Å². The first-order valence-corrected chi connectivity index (χ1v) is 5.74. The zero-order valence-electron chi connectivity index (χ0n) is 9.46. The van der Waals surface area contributed by atoms with Gasteiger partial charge in [-0.25, -0.2) is 0 Å². The van der Waals surface area contributed by atoms with Crippen molar-refractivity contribution in [2.75, 3.05) is 5.73 Å². The van der Waals surface area contributed by atoms with E-state index in [1.165, 1.54) is 16.0 Å². The summed E-state index contributed by atoms with van der Waals surface area (Å²) in [5.74, 6) is 0.744. The maximum absolute atomic E-state index is 5.90. The number of anilines is 1. The molecule has 0 saturated heterocycles. The number of nitrogens with zero attached hydrogens (tertiary/aromatic N) is 2. The lowest BCUT2D eigenvalue weighted by Gasteiger charge is -1.97. The van der Waals surface area contributed by atoms with Crippen molar-refractivity contribution in [2.24, 2.45) is 7.05 Å². The molecule has 80 valence electrons. The Morgan fingerprint density at radius 3 is 2.33 bits per heavy atom. The molecule has 2 N–H and O–H groups in total. The van der Waals surface area contributed by atoms with E-state index in [0.717, 1.165) is 17.1 Å². The Bertz CT molecular complexity index is 508. The summed E-state index contributed by atoms with van der Waals surface area (Å²) in [6.45, 7) is 6.28. The van der Waals surface area contributed by atoms with Gasteiger partial charge in [0, 0.05) is 28.4 Å². The minimum Gasteiger partial charge on any atom is -0.384 e. The van der Waals surface area contributed by atoms with E-state index in [2.05, 4.69) is 24.3 Å². The number of rotatable bonds is 1. The van der Waals surface area contributed by atoms with Crippen LogP contribution in [0.15, 0.2) is 5.38 Å². The van der Waals surface area contributed by atoms with Gasteiger partial charge in [-0.2, -0.15) is 5.10 Å². The van der Waals surface area contributed by atoms with Crippen molar-refractivity contribution in [3.05, 3.63) is 21.4 Å². The van der Waals surface area contributed by atoms with Crippen LogP contribution in [-0.2, 0) is 7.05 Å². The molecule has 0 atom stereocenters. The molecule has 4 heteroatoms. The molecular weight excluding hydrogens is 206 g/mol. The minimum atomic E-state index is 0.744. The largest absolute Gasteiger partial charge is 0.384 e. The van der Waals surface area contributed by atoms with E-state index in [1.54, 1.807) is 16.0 Å². The molecule has 0 saturated carbocycles. The number of hydrogen-bond donors (Lipinski definition) is 1. The highest BCUT2D eigenvalue weighted by Crippen LogP contribution is 2.33. The van der Waals surface area contributed by atoms with E-state index >= 15 is 0 Å². The van der Waals surface area contributed by atoms with E-state index in [1.807, 2.05) is 14.0 Å². The summed E-state index contributed by atoms with van der Waals surface area (Å²) in [6.07, 6.45) is 0. The highest BCUT2D eigenvalue weighted by Gasteiger charge is 2.15. The van der Waals surface area contributed by atoms with Gasteiger partial charge in [-0.05, 0) is 26.3 Å². The highest BCUT2D eigenvalue weighted by molar-refractivity contribution is 7.10. The smallest absolute Gasteiger partial charge is 0.124 e. The molecule has 2 aromatic rings. The van der Waals surface area contributed by atoms with Crippen molar-refractivity contribution in [1.82, 2.24) is 9.78 Å². The van der Waals surface area contributed by atoms with Gasteiger partial charge in [0.05, 0.1) is 5.69 Å². The predicted octanol–water partition coefficient (Wildman–Crippen LogP) is 2.66. The minimum absolute atomic E-state index is 0.744. The van der Waals surface area contributed by atoms with Crippen molar-refractivity contribution >= 4 is 17.2 Å². The third-order valence-corrected chi connectivity index (χ3v) is 3.89. The first-order valence-electron chi connectivity index (χ1n) is 4.86. The first-order chi connectivity index (χ1) is 7.02. The molecule has 0 spiro atoms. The van der Waals surface area contributed by atoms with E-state index in [0.29, 0.717) is 0 Å². The standard InChI is InChI=1S/C11H15N3S/c1-6-8(3)15-5-9(6)10-7(2)11(12)14(4)13-10/h5H,12H2,1-4H3. The Hall–Kier alpha value is -1.29. The van der Waals surface area contributed by atoms with E-state index in [9.17, 15) is 0 Å². The Labute approximate surface area is 93.5 Å². The summed E-state index contributed by atoms with van der Waals surface area (Å²) in [4.78, 5) is 1.34. The zero-order valence-corrected chi connectivity index (χ0v) is 10.3. The van der Waals surface area contributed by atoms with Crippen LogP contribution >= 0.6 is 11.3 Å².